The van der Waals surface area contributed by atoms with Crippen molar-refractivity contribution in [3.05, 3.63) is 18.0 Å². The monoisotopic (exact) mass is 305 g/mol. The standard InChI is InChI=1S/C16H27N5O/c1-16(2)7-13(16)9-18-15(17-3)21-5-6-22-14(11-21)12-8-19-20(4)10-12/h8,10,13-14H,5-7,9,11H2,1-4H3,(H,17,18). The number of hydrogen-bond donors (Lipinski definition) is 1. The van der Waals surface area contributed by atoms with Crippen LogP contribution in [-0.2, 0) is 11.8 Å². The highest BCUT2D eigenvalue weighted by Gasteiger charge is 2.45. The van der Waals surface area contributed by atoms with E-state index in [4.69, 9.17) is 4.74 Å². The molecule has 0 spiro atoms. The Morgan fingerprint density at radius 1 is 1.55 bits per heavy atom. The lowest BCUT2D eigenvalue weighted by Crippen LogP contribution is -2.48. The van der Waals surface area contributed by atoms with Gasteiger partial charge >= 0.3 is 0 Å². The van der Waals surface area contributed by atoms with Gasteiger partial charge in [0.2, 0.25) is 0 Å². The minimum absolute atomic E-state index is 0.0679. The van der Waals surface area contributed by atoms with E-state index < -0.39 is 0 Å². The van der Waals surface area contributed by atoms with E-state index in [-0.39, 0.29) is 6.10 Å². The van der Waals surface area contributed by atoms with E-state index >= 15 is 0 Å². The molecule has 0 aromatic carbocycles. The molecule has 2 heterocycles. The average Bonchev–Trinajstić information content (AvgIpc) is 2.90. The van der Waals surface area contributed by atoms with Crippen LogP contribution < -0.4 is 5.32 Å². The van der Waals surface area contributed by atoms with Gasteiger partial charge in [-0.2, -0.15) is 5.10 Å². The fourth-order valence-corrected chi connectivity index (χ4v) is 3.12. The molecule has 1 aromatic rings. The number of aromatic nitrogens is 2. The van der Waals surface area contributed by atoms with Crippen molar-refractivity contribution in [3.63, 3.8) is 0 Å². The van der Waals surface area contributed by atoms with Gasteiger partial charge in [0.25, 0.3) is 0 Å². The van der Waals surface area contributed by atoms with Gasteiger partial charge in [0.15, 0.2) is 5.96 Å². The molecule has 6 nitrogen and oxygen atoms in total. The normalized spacial score (nSPS) is 27.8. The Kier molecular flexibility index (Phi) is 4.12. The number of morpholine rings is 1. The zero-order valence-corrected chi connectivity index (χ0v) is 14.0. The summed E-state index contributed by atoms with van der Waals surface area (Å²) in [4.78, 5) is 6.74. The molecule has 1 aliphatic heterocycles. The summed E-state index contributed by atoms with van der Waals surface area (Å²) in [6.45, 7) is 8.08. The molecule has 1 N–H and O–H groups in total. The summed E-state index contributed by atoms with van der Waals surface area (Å²) in [5, 5.41) is 7.77. The molecule has 1 saturated carbocycles. The molecule has 3 rings (SSSR count). The average molecular weight is 305 g/mol. The van der Waals surface area contributed by atoms with Crippen molar-refractivity contribution in [2.75, 3.05) is 33.3 Å². The topological polar surface area (TPSA) is 54.7 Å². The predicted octanol–water partition coefficient (Wildman–Crippen LogP) is 1.41. The summed E-state index contributed by atoms with van der Waals surface area (Å²) < 4.78 is 7.71. The van der Waals surface area contributed by atoms with Crippen LogP contribution in [0.4, 0.5) is 0 Å². The molecule has 1 saturated heterocycles. The molecular formula is C16H27N5O. The first-order chi connectivity index (χ1) is 10.5. The van der Waals surface area contributed by atoms with Gasteiger partial charge in [-0.05, 0) is 17.8 Å². The Balaban J connectivity index is 1.58. The number of nitrogens with one attached hydrogen (secondary N) is 1. The SMILES string of the molecule is CN=C(NCC1CC1(C)C)N1CCOC(c2cnn(C)c2)C1. The maximum Gasteiger partial charge on any atom is 0.193 e. The van der Waals surface area contributed by atoms with Crippen molar-refractivity contribution in [1.29, 1.82) is 0 Å². The minimum Gasteiger partial charge on any atom is -0.370 e. The fraction of sp³-hybridized carbons (Fsp3) is 0.750. The molecule has 2 fully saturated rings. The first-order valence-electron chi connectivity index (χ1n) is 8.05. The zero-order chi connectivity index (χ0) is 15.7. The van der Waals surface area contributed by atoms with E-state index in [0.717, 1.165) is 43.7 Å². The number of aryl methyl sites for hydroxylation is 1. The minimum atomic E-state index is 0.0679. The molecular weight excluding hydrogens is 278 g/mol. The summed E-state index contributed by atoms with van der Waals surface area (Å²) in [5.74, 6) is 1.75. The predicted molar refractivity (Wildman–Crippen MR) is 86.7 cm³/mol. The number of hydrogen-bond acceptors (Lipinski definition) is 3. The Morgan fingerprint density at radius 2 is 2.32 bits per heavy atom. The molecule has 1 aromatic heterocycles. The van der Waals surface area contributed by atoms with E-state index in [1.807, 2.05) is 31.2 Å². The lowest BCUT2D eigenvalue weighted by atomic mass is 10.1. The van der Waals surface area contributed by atoms with Crippen LogP contribution in [0.25, 0.3) is 0 Å². The van der Waals surface area contributed by atoms with Crippen LogP contribution in [0.3, 0.4) is 0 Å². The summed E-state index contributed by atoms with van der Waals surface area (Å²) in [6, 6.07) is 0. The number of aliphatic imine (C=N–C) groups is 1. The third kappa shape index (κ3) is 3.27. The van der Waals surface area contributed by atoms with Gasteiger partial charge in [-0.1, -0.05) is 13.8 Å². The molecule has 2 unspecified atom stereocenters. The molecule has 122 valence electrons. The van der Waals surface area contributed by atoms with Gasteiger partial charge in [0.05, 0.1) is 19.3 Å². The second-order valence-corrected chi connectivity index (χ2v) is 7.07. The van der Waals surface area contributed by atoms with Crippen LogP contribution in [-0.4, -0.2) is 53.9 Å². The van der Waals surface area contributed by atoms with Gasteiger partial charge < -0.3 is 15.0 Å². The number of guanidine groups is 1. The van der Waals surface area contributed by atoms with Crippen LogP contribution in [0.5, 0.6) is 0 Å². The Hall–Kier alpha value is -1.56. The van der Waals surface area contributed by atoms with Gasteiger partial charge in [-0.25, -0.2) is 0 Å². The Labute approximate surface area is 132 Å². The van der Waals surface area contributed by atoms with Crippen molar-refractivity contribution in [1.82, 2.24) is 20.0 Å². The molecule has 0 amide bonds. The Morgan fingerprint density at radius 3 is 2.91 bits per heavy atom. The molecule has 6 heteroatoms. The van der Waals surface area contributed by atoms with E-state index in [1.54, 1.807) is 0 Å². The lowest BCUT2D eigenvalue weighted by Gasteiger charge is -2.34. The van der Waals surface area contributed by atoms with Crippen LogP contribution in [0.15, 0.2) is 17.4 Å². The zero-order valence-electron chi connectivity index (χ0n) is 14.0. The van der Waals surface area contributed by atoms with Crippen molar-refractivity contribution < 1.29 is 4.74 Å². The first-order valence-corrected chi connectivity index (χ1v) is 8.05. The molecule has 22 heavy (non-hydrogen) atoms. The first kappa shape index (κ1) is 15.3. The van der Waals surface area contributed by atoms with Crippen LogP contribution >= 0.6 is 0 Å². The molecule has 1 aliphatic carbocycles. The van der Waals surface area contributed by atoms with Crippen LogP contribution in [0.1, 0.15) is 31.9 Å². The van der Waals surface area contributed by atoms with Crippen molar-refractivity contribution in [2.24, 2.45) is 23.4 Å². The van der Waals surface area contributed by atoms with Crippen LogP contribution in [0, 0.1) is 11.3 Å². The highest BCUT2D eigenvalue weighted by atomic mass is 16.5. The molecule has 0 bridgehead atoms. The van der Waals surface area contributed by atoms with Gasteiger partial charge in [-0.15, -0.1) is 0 Å². The van der Waals surface area contributed by atoms with E-state index in [0.29, 0.717) is 5.41 Å². The van der Waals surface area contributed by atoms with Gasteiger partial charge in [0.1, 0.15) is 6.10 Å². The maximum atomic E-state index is 5.90. The summed E-state index contributed by atoms with van der Waals surface area (Å²) in [5.41, 5.74) is 1.63. The summed E-state index contributed by atoms with van der Waals surface area (Å²) in [7, 11) is 3.79. The van der Waals surface area contributed by atoms with Crippen molar-refractivity contribution >= 4 is 5.96 Å². The van der Waals surface area contributed by atoms with E-state index in [2.05, 4.69) is 34.2 Å². The molecule has 0 radical (unpaired) electrons. The second-order valence-electron chi connectivity index (χ2n) is 7.07. The number of ether oxygens (including phenoxy) is 1. The highest BCUT2D eigenvalue weighted by molar-refractivity contribution is 5.80. The second kappa shape index (κ2) is 5.91. The Bertz CT molecular complexity index is 550. The number of nitrogens with zero attached hydrogens (tertiary/aromatic N) is 4. The largest absolute Gasteiger partial charge is 0.370 e. The van der Waals surface area contributed by atoms with E-state index in [1.165, 1.54) is 6.42 Å². The molecule has 2 aliphatic rings. The summed E-state index contributed by atoms with van der Waals surface area (Å²) in [6.07, 6.45) is 5.28. The number of rotatable bonds is 3. The summed E-state index contributed by atoms with van der Waals surface area (Å²) >= 11 is 0. The molecule has 2 atom stereocenters. The van der Waals surface area contributed by atoms with Gasteiger partial charge in [0, 0.05) is 38.9 Å². The lowest BCUT2D eigenvalue weighted by molar-refractivity contribution is -0.00804. The maximum absolute atomic E-state index is 5.90. The van der Waals surface area contributed by atoms with Crippen molar-refractivity contribution in [2.45, 2.75) is 26.4 Å². The van der Waals surface area contributed by atoms with Crippen LogP contribution in [0.2, 0.25) is 0 Å². The van der Waals surface area contributed by atoms with E-state index in [9.17, 15) is 0 Å². The smallest absolute Gasteiger partial charge is 0.193 e. The van der Waals surface area contributed by atoms with Crippen molar-refractivity contribution in [3.8, 4) is 0 Å². The quantitative estimate of drug-likeness (QED) is 0.678. The third-order valence-electron chi connectivity index (χ3n) is 4.90. The highest BCUT2D eigenvalue weighted by Crippen LogP contribution is 2.50. The third-order valence-corrected chi connectivity index (χ3v) is 4.90. The fourth-order valence-electron chi connectivity index (χ4n) is 3.12. The van der Waals surface area contributed by atoms with Gasteiger partial charge in [-0.3, -0.25) is 9.67 Å².